The number of nitro groups is 2. The average Bonchev–Trinajstić information content (AvgIpc) is 2.48. The van der Waals surface area contributed by atoms with Crippen molar-refractivity contribution in [3.8, 4) is 5.75 Å². The molecule has 0 fully saturated rings. The summed E-state index contributed by atoms with van der Waals surface area (Å²) in [4.78, 5) is 19.0. The van der Waals surface area contributed by atoms with Crippen molar-refractivity contribution in [1.82, 2.24) is 0 Å². The van der Waals surface area contributed by atoms with Gasteiger partial charge in [-0.05, 0) is 23.6 Å². The zero-order valence-electron chi connectivity index (χ0n) is 12.2. The number of aromatic hydroxyl groups is 1. The number of phenolic OH excluding ortho intramolecular Hbond substituents is 1. The van der Waals surface area contributed by atoms with Crippen molar-refractivity contribution < 1.29 is 15.0 Å². The first-order valence-corrected chi connectivity index (χ1v) is 6.49. The molecular formula is C15H16N2O5. The molecule has 0 heterocycles. The van der Waals surface area contributed by atoms with Gasteiger partial charge in [-0.15, -0.1) is 0 Å². The van der Waals surface area contributed by atoms with Crippen molar-refractivity contribution in [2.45, 2.75) is 19.8 Å². The van der Waals surface area contributed by atoms with Crippen LogP contribution in [0.3, 0.4) is 0 Å². The van der Waals surface area contributed by atoms with E-state index >= 15 is 0 Å². The summed E-state index contributed by atoms with van der Waals surface area (Å²) in [5, 5.41) is 29.6. The van der Waals surface area contributed by atoms with E-state index in [1.807, 2.05) is 18.2 Å². The number of hydrogen-bond donors (Lipinski definition) is 1. The van der Waals surface area contributed by atoms with Crippen molar-refractivity contribution in [3.63, 3.8) is 0 Å². The molecule has 0 amide bonds. The number of nitro benzene ring substituents is 2. The van der Waals surface area contributed by atoms with Crippen molar-refractivity contribution in [3.05, 3.63) is 74.3 Å². The summed E-state index contributed by atoms with van der Waals surface area (Å²) < 4.78 is 0. The summed E-state index contributed by atoms with van der Waals surface area (Å²) in [6.07, 6.45) is 0. The van der Waals surface area contributed by atoms with E-state index in [-0.39, 0.29) is 11.4 Å². The Morgan fingerprint density at radius 3 is 1.77 bits per heavy atom. The Morgan fingerprint density at radius 1 is 0.909 bits per heavy atom. The maximum atomic E-state index is 10.2. The zero-order chi connectivity index (χ0) is 16.7. The van der Waals surface area contributed by atoms with Crippen LogP contribution in [0.25, 0.3) is 0 Å². The van der Waals surface area contributed by atoms with E-state index in [0.717, 1.165) is 11.6 Å². The van der Waals surface area contributed by atoms with Crippen molar-refractivity contribution in [2.24, 2.45) is 0 Å². The summed E-state index contributed by atoms with van der Waals surface area (Å²) in [7, 11) is 0. The second-order valence-electron chi connectivity index (χ2n) is 4.75. The van der Waals surface area contributed by atoms with Crippen LogP contribution >= 0.6 is 0 Å². The molecule has 0 unspecified atom stereocenters. The molecule has 0 bridgehead atoms. The molecule has 0 aromatic heterocycles. The lowest BCUT2D eigenvalue weighted by Gasteiger charge is -2.05. The largest absolute Gasteiger partial charge is 0.508 e. The molecule has 7 heteroatoms. The van der Waals surface area contributed by atoms with Gasteiger partial charge < -0.3 is 5.11 Å². The normalized spacial score (nSPS) is 9.77. The molecule has 0 radical (unpaired) electrons. The molecule has 0 aliphatic heterocycles. The third-order valence-corrected chi connectivity index (χ3v) is 2.81. The van der Waals surface area contributed by atoms with Gasteiger partial charge in [0.05, 0.1) is 15.9 Å². The van der Waals surface area contributed by atoms with Crippen LogP contribution < -0.4 is 0 Å². The molecule has 0 atom stereocenters. The quantitative estimate of drug-likeness (QED) is 0.680. The summed E-state index contributed by atoms with van der Waals surface area (Å²) >= 11 is 0. The molecule has 1 N–H and O–H groups in total. The fraction of sp³-hybridized carbons (Fsp3) is 0.200. The second kappa shape index (κ2) is 7.72. The predicted molar refractivity (Wildman–Crippen MR) is 81.9 cm³/mol. The Bertz CT molecular complexity index is 641. The molecule has 0 spiro atoms. The maximum Gasteiger partial charge on any atom is 0.276 e. The first-order chi connectivity index (χ1) is 10.3. The molecule has 0 saturated carbocycles. The SMILES string of the molecule is CC(C)c1ccccc1O.O=[N+]([O-])c1cccc([N+](=O)[O-])c1. The van der Waals surface area contributed by atoms with Crippen molar-refractivity contribution in [2.75, 3.05) is 0 Å². The van der Waals surface area contributed by atoms with E-state index in [2.05, 4.69) is 13.8 Å². The van der Waals surface area contributed by atoms with Gasteiger partial charge in [0.15, 0.2) is 0 Å². The van der Waals surface area contributed by atoms with Gasteiger partial charge in [0.2, 0.25) is 0 Å². The average molecular weight is 304 g/mol. The lowest BCUT2D eigenvalue weighted by Crippen LogP contribution is -1.91. The highest BCUT2D eigenvalue weighted by molar-refractivity contribution is 5.42. The fourth-order valence-electron chi connectivity index (χ4n) is 1.70. The van der Waals surface area contributed by atoms with Crippen molar-refractivity contribution >= 4 is 11.4 Å². The third-order valence-electron chi connectivity index (χ3n) is 2.81. The van der Waals surface area contributed by atoms with Gasteiger partial charge in [-0.1, -0.05) is 32.0 Å². The molecule has 2 aromatic carbocycles. The molecular weight excluding hydrogens is 288 g/mol. The summed E-state index contributed by atoms with van der Waals surface area (Å²) in [6.45, 7) is 4.13. The van der Waals surface area contributed by atoms with Crippen LogP contribution in [0, 0.1) is 20.2 Å². The molecule has 0 saturated heterocycles. The molecule has 2 aromatic rings. The lowest BCUT2D eigenvalue weighted by atomic mass is 10.0. The number of nitrogens with zero attached hydrogens (tertiary/aromatic N) is 2. The van der Waals surface area contributed by atoms with Crippen LogP contribution in [-0.2, 0) is 0 Å². The van der Waals surface area contributed by atoms with Crippen LogP contribution in [-0.4, -0.2) is 15.0 Å². The molecule has 22 heavy (non-hydrogen) atoms. The van der Waals surface area contributed by atoms with E-state index in [4.69, 9.17) is 0 Å². The first-order valence-electron chi connectivity index (χ1n) is 6.49. The number of phenols is 1. The van der Waals surface area contributed by atoms with Crippen LogP contribution in [0.2, 0.25) is 0 Å². The summed E-state index contributed by atoms with van der Waals surface area (Å²) in [5.74, 6) is 0.804. The van der Waals surface area contributed by atoms with Crippen molar-refractivity contribution in [1.29, 1.82) is 0 Å². The van der Waals surface area contributed by atoms with Gasteiger partial charge in [0.1, 0.15) is 5.75 Å². The molecule has 0 aliphatic carbocycles. The summed E-state index contributed by atoms with van der Waals surface area (Å²) in [6, 6.07) is 12.0. The Kier molecular flexibility index (Phi) is 6.00. The molecule has 7 nitrogen and oxygen atoms in total. The number of rotatable bonds is 3. The highest BCUT2D eigenvalue weighted by Gasteiger charge is 2.11. The zero-order valence-corrected chi connectivity index (χ0v) is 12.2. The highest BCUT2D eigenvalue weighted by Crippen LogP contribution is 2.23. The topological polar surface area (TPSA) is 107 Å². The van der Waals surface area contributed by atoms with E-state index in [1.165, 1.54) is 18.2 Å². The highest BCUT2D eigenvalue weighted by atomic mass is 16.6. The van der Waals surface area contributed by atoms with Crippen LogP contribution in [0.4, 0.5) is 11.4 Å². The number of para-hydroxylation sites is 1. The fourth-order valence-corrected chi connectivity index (χ4v) is 1.70. The van der Waals surface area contributed by atoms with E-state index < -0.39 is 9.85 Å². The minimum absolute atomic E-state index is 0.274. The van der Waals surface area contributed by atoms with Crippen LogP contribution in [0.1, 0.15) is 25.3 Å². The Morgan fingerprint density at radius 2 is 1.41 bits per heavy atom. The molecule has 116 valence electrons. The monoisotopic (exact) mass is 304 g/mol. The van der Waals surface area contributed by atoms with Crippen LogP contribution in [0.15, 0.2) is 48.5 Å². The smallest absolute Gasteiger partial charge is 0.276 e. The molecule has 2 rings (SSSR count). The van der Waals surface area contributed by atoms with Gasteiger partial charge >= 0.3 is 0 Å². The number of hydrogen-bond acceptors (Lipinski definition) is 5. The molecule has 0 aliphatic rings. The Balaban J connectivity index is 0.000000224. The minimum Gasteiger partial charge on any atom is -0.508 e. The predicted octanol–water partition coefficient (Wildman–Crippen LogP) is 4.02. The van der Waals surface area contributed by atoms with E-state index in [9.17, 15) is 25.3 Å². The number of non-ortho nitro benzene ring substituents is 2. The van der Waals surface area contributed by atoms with Gasteiger partial charge in [-0.3, -0.25) is 20.2 Å². The first kappa shape index (κ1) is 17.1. The Hall–Kier alpha value is -2.96. The van der Waals surface area contributed by atoms with Gasteiger partial charge in [0, 0.05) is 12.1 Å². The lowest BCUT2D eigenvalue weighted by molar-refractivity contribution is -0.394. The van der Waals surface area contributed by atoms with Gasteiger partial charge in [-0.2, -0.15) is 0 Å². The third kappa shape index (κ3) is 4.86. The summed E-state index contributed by atoms with van der Waals surface area (Å²) in [5.41, 5.74) is 0.468. The minimum atomic E-state index is -0.674. The van der Waals surface area contributed by atoms with Crippen LogP contribution in [0.5, 0.6) is 5.75 Å². The van der Waals surface area contributed by atoms with Gasteiger partial charge in [-0.25, -0.2) is 0 Å². The standard InChI is InChI=1S/C9H12O.C6H4N2O4/c1-7(2)8-5-3-4-6-9(8)10;9-7(10)5-2-1-3-6(4-5)8(11)12/h3-7,10H,1-2H3;1-4H. The second-order valence-corrected chi connectivity index (χ2v) is 4.75. The van der Waals surface area contributed by atoms with E-state index in [0.29, 0.717) is 11.7 Å². The maximum absolute atomic E-state index is 10.2. The Labute approximate surface area is 127 Å². The van der Waals surface area contributed by atoms with Gasteiger partial charge in [0.25, 0.3) is 11.4 Å². The van der Waals surface area contributed by atoms with E-state index in [1.54, 1.807) is 6.07 Å². The number of benzene rings is 2.